The fourth-order valence-corrected chi connectivity index (χ4v) is 2.07. The summed E-state index contributed by atoms with van der Waals surface area (Å²) >= 11 is 0. The Hall–Kier alpha value is -2.90. The maximum atomic E-state index is 11.8. The third-order valence-electron chi connectivity index (χ3n) is 3.12. The number of urea groups is 1. The molecule has 0 unspecified atom stereocenters. The minimum Gasteiger partial charge on any atom is -0.480 e. The molecule has 116 valence electrons. The fraction of sp³-hybridized carbons (Fsp3) is 0.286. The van der Waals surface area contributed by atoms with E-state index in [2.05, 4.69) is 5.32 Å². The van der Waals surface area contributed by atoms with E-state index in [1.165, 1.54) is 0 Å². The normalized spacial score (nSPS) is 15.4. The topological polar surface area (TPSA) is 116 Å². The molecule has 1 aliphatic rings. The molecule has 1 saturated heterocycles. The monoisotopic (exact) mass is 305 g/mol. The second kappa shape index (κ2) is 6.70. The van der Waals surface area contributed by atoms with Crippen LogP contribution in [0.2, 0.25) is 0 Å². The van der Waals surface area contributed by atoms with Crippen molar-refractivity contribution in [3.8, 4) is 0 Å². The zero-order valence-corrected chi connectivity index (χ0v) is 11.6. The lowest BCUT2D eigenvalue weighted by Crippen LogP contribution is -2.47. The average Bonchev–Trinajstić information content (AvgIpc) is 2.77. The Bertz CT molecular complexity index is 602. The van der Waals surface area contributed by atoms with Gasteiger partial charge in [-0.1, -0.05) is 30.3 Å². The molecule has 0 radical (unpaired) electrons. The van der Waals surface area contributed by atoms with E-state index in [9.17, 15) is 24.3 Å². The van der Waals surface area contributed by atoms with Gasteiger partial charge in [0.1, 0.15) is 19.1 Å². The van der Waals surface area contributed by atoms with E-state index in [-0.39, 0.29) is 19.5 Å². The summed E-state index contributed by atoms with van der Waals surface area (Å²) in [6.07, 6.45) is 0.132. The smallest absolute Gasteiger partial charge is 0.326 e. The molecule has 8 heteroatoms. The molecular weight excluding hydrogens is 290 g/mol. The third-order valence-corrected chi connectivity index (χ3v) is 3.12. The number of carboxylic acids is 1. The van der Waals surface area contributed by atoms with Gasteiger partial charge < -0.3 is 15.3 Å². The summed E-state index contributed by atoms with van der Waals surface area (Å²) in [7, 11) is 0. The van der Waals surface area contributed by atoms with E-state index >= 15 is 0 Å². The minimum absolute atomic E-state index is 0.132. The predicted molar refractivity (Wildman–Crippen MR) is 74.8 cm³/mol. The van der Waals surface area contributed by atoms with Crippen LogP contribution in [-0.4, -0.2) is 53.0 Å². The lowest BCUT2D eigenvalue weighted by Gasteiger charge is -2.17. The highest BCUT2D eigenvalue weighted by Gasteiger charge is 2.29. The first kappa shape index (κ1) is 15.5. The lowest BCUT2D eigenvalue weighted by atomic mass is 10.1. The Morgan fingerprint density at radius 3 is 2.50 bits per heavy atom. The summed E-state index contributed by atoms with van der Waals surface area (Å²) in [6, 6.07) is 7.11. The van der Waals surface area contributed by atoms with Crippen molar-refractivity contribution < 1.29 is 24.3 Å². The van der Waals surface area contributed by atoms with Crippen molar-refractivity contribution in [1.29, 1.82) is 0 Å². The second-order valence-electron chi connectivity index (χ2n) is 4.86. The van der Waals surface area contributed by atoms with Crippen LogP contribution in [0, 0.1) is 0 Å². The van der Waals surface area contributed by atoms with E-state index < -0.39 is 29.9 Å². The lowest BCUT2D eigenvalue weighted by molar-refractivity contribution is -0.141. The number of amides is 4. The first-order chi connectivity index (χ1) is 10.5. The maximum absolute atomic E-state index is 11.8. The second-order valence-corrected chi connectivity index (χ2v) is 4.86. The highest BCUT2D eigenvalue weighted by Crippen LogP contribution is 2.04. The summed E-state index contributed by atoms with van der Waals surface area (Å²) in [5.74, 6) is -2.29. The van der Waals surface area contributed by atoms with Gasteiger partial charge in [0, 0.05) is 6.42 Å². The van der Waals surface area contributed by atoms with Crippen LogP contribution in [0.5, 0.6) is 0 Å². The van der Waals surface area contributed by atoms with Gasteiger partial charge in [-0.05, 0) is 5.56 Å². The highest BCUT2D eigenvalue weighted by molar-refractivity contribution is 6.03. The fourth-order valence-electron chi connectivity index (χ4n) is 2.07. The van der Waals surface area contributed by atoms with Crippen LogP contribution in [0.15, 0.2) is 30.3 Å². The van der Waals surface area contributed by atoms with Crippen LogP contribution in [0.25, 0.3) is 0 Å². The highest BCUT2D eigenvalue weighted by atomic mass is 16.4. The van der Waals surface area contributed by atoms with Crippen LogP contribution in [0.1, 0.15) is 5.56 Å². The Labute approximate surface area is 126 Å². The number of imide groups is 1. The molecule has 1 atom stereocenters. The van der Waals surface area contributed by atoms with Gasteiger partial charge in [-0.15, -0.1) is 0 Å². The van der Waals surface area contributed by atoms with E-state index in [1.54, 1.807) is 30.3 Å². The molecule has 1 aliphatic heterocycles. The number of benzene rings is 1. The molecule has 2 rings (SSSR count). The predicted octanol–water partition coefficient (Wildman–Crippen LogP) is -0.650. The minimum atomic E-state index is -1.17. The van der Waals surface area contributed by atoms with Crippen LogP contribution in [0.3, 0.4) is 0 Å². The molecule has 1 aromatic carbocycles. The summed E-state index contributed by atoms with van der Waals surface area (Å²) in [6.45, 7) is -0.571. The van der Waals surface area contributed by atoms with Crippen LogP contribution < -0.4 is 10.6 Å². The first-order valence-electron chi connectivity index (χ1n) is 6.60. The molecule has 1 heterocycles. The number of carboxylic acid groups (broad SMARTS) is 1. The van der Waals surface area contributed by atoms with Gasteiger partial charge in [-0.3, -0.25) is 14.9 Å². The van der Waals surface area contributed by atoms with E-state index in [1.807, 2.05) is 5.32 Å². The van der Waals surface area contributed by atoms with Gasteiger partial charge in [0.15, 0.2) is 0 Å². The molecule has 0 aromatic heterocycles. The SMILES string of the molecule is O=C1CN(CC(=O)N[C@H](Cc2ccccc2)C(=O)O)C(=O)N1. The zero-order valence-electron chi connectivity index (χ0n) is 11.6. The summed E-state index contributed by atoms with van der Waals surface area (Å²) in [5.41, 5.74) is 0.768. The van der Waals surface area contributed by atoms with Gasteiger partial charge in [-0.25, -0.2) is 9.59 Å². The van der Waals surface area contributed by atoms with Crippen molar-refractivity contribution in [3.63, 3.8) is 0 Å². The number of nitrogens with one attached hydrogen (secondary N) is 2. The molecule has 0 saturated carbocycles. The van der Waals surface area contributed by atoms with Crippen molar-refractivity contribution in [3.05, 3.63) is 35.9 Å². The summed E-state index contributed by atoms with van der Waals surface area (Å²) in [4.78, 5) is 46.4. The molecule has 0 bridgehead atoms. The molecule has 4 amide bonds. The van der Waals surface area contributed by atoms with E-state index in [4.69, 9.17) is 0 Å². The van der Waals surface area contributed by atoms with Gasteiger partial charge in [0.2, 0.25) is 11.8 Å². The number of carbonyl (C=O) groups excluding carboxylic acids is 3. The van der Waals surface area contributed by atoms with Gasteiger partial charge in [-0.2, -0.15) is 0 Å². The van der Waals surface area contributed by atoms with Gasteiger partial charge in [0.05, 0.1) is 0 Å². The number of nitrogens with zero attached hydrogens (tertiary/aromatic N) is 1. The standard InChI is InChI=1S/C14H15N3O5/c18-11(7-17-8-12(19)16-14(17)22)15-10(13(20)21)6-9-4-2-1-3-5-9/h1-5,10H,6-8H2,(H,15,18)(H,20,21)(H,16,19,22)/t10-/m1/s1. The van der Waals surface area contributed by atoms with Crippen molar-refractivity contribution >= 4 is 23.8 Å². The average molecular weight is 305 g/mol. The number of aliphatic carboxylic acids is 1. The number of hydrogen-bond donors (Lipinski definition) is 3. The van der Waals surface area contributed by atoms with E-state index in [0.717, 1.165) is 10.5 Å². The van der Waals surface area contributed by atoms with Crippen LogP contribution in [-0.2, 0) is 20.8 Å². The molecule has 1 aromatic rings. The molecule has 22 heavy (non-hydrogen) atoms. The first-order valence-corrected chi connectivity index (χ1v) is 6.60. The molecule has 0 spiro atoms. The van der Waals surface area contributed by atoms with Crippen LogP contribution in [0.4, 0.5) is 4.79 Å². The molecule has 8 nitrogen and oxygen atoms in total. The Kier molecular flexibility index (Phi) is 4.72. The number of rotatable bonds is 6. The Morgan fingerprint density at radius 1 is 1.27 bits per heavy atom. The van der Waals surface area contributed by atoms with Crippen LogP contribution >= 0.6 is 0 Å². The maximum Gasteiger partial charge on any atom is 0.326 e. The number of hydrogen-bond acceptors (Lipinski definition) is 4. The molecule has 3 N–H and O–H groups in total. The van der Waals surface area contributed by atoms with Crippen molar-refractivity contribution in [2.24, 2.45) is 0 Å². The number of carbonyl (C=O) groups is 4. The van der Waals surface area contributed by atoms with E-state index in [0.29, 0.717) is 0 Å². The molecular formula is C14H15N3O5. The Morgan fingerprint density at radius 2 is 1.95 bits per heavy atom. The summed E-state index contributed by atoms with van der Waals surface area (Å²) < 4.78 is 0. The largest absolute Gasteiger partial charge is 0.480 e. The van der Waals surface area contributed by atoms with Gasteiger partial charge in [0.25, 0.3) is 0 Å². The third kappa shape index (κ3) is 4.05. The molecule has 1 fully saturated rings. The summed E-state index contributed by atoms with van der Waals surface area (Å²) in [5, 5.41) is 13.6. The van der Waals surface area contributed by atoms with Gasteiger partial charge >= 0.3 is 12.0 Å². The quantitative estimate of drug-likeness (QED) is 0.604. The van der Waals surface area contributed by atoms with Crippen molar-refractivity contribution in [1.82, 2.24) is 15.5 Å². The van der Waals surface area contributed by atoms with Crippen molar-refractivity contribution in [2.75, 3.05) is 13.1 Å². The Balaban J connectivity index is 1.93. The van der Waals surface area contributed by atoms with Crippen molar-refractivity contribution in [2.45, 2.75) is 12.5 Å². The zero-order chi connectivity index (χ0) is 16.1. The molecule has 0 aliphatic carbocycles.